The first-order valence-corrected chi connectivity index (χ1v) is 10.9. The van der Waals surface area contributed by atoms with Gasteiger partial charge in [0.1, 0.15) is 0 Å². The van der Waals surface area contributed by atoms with Crippen LogP contribution in [0.25, 0.3) is 0 Å². The minimum atomic E-state index is -0.415. The molecule has 0 N–H and O–H groups in total. The van der Waals surface area contributed by atoms with Crippen molar-refractivity contribution in [3.05, 3.63) is 51.8 Å². The predicted octanol–water partition coefficient (Wildman–Crippen LogP) is 3.70. The van der Waals surface area contributed by atoms with E-state index in [2.05, 4.69) is 36.2 Å². The maximum atomic E-state index is 12.2. The Morgan fingerprint density at radius 3 is 2.75 bits per heavy atom. The molecule has 2 aromatic rings. The Labute approximate surface area is 169 Å². The summed E-state index contributed by atoms with van der Waals surface area (Å²) in [5, 5.41) is 1.90. The number of carbonyl (C=O) groups is 2. The van der Waals surface area contributed by atoms with Crippen molar-refractivity contribution < 1.29 is 14.3 Å². The first-order valence-electron chi connectivity index (χ1n) is 9.99. The Bertz CT molecular complexity index is 912. The maximum absolute atomic E-state index is 12.2. The SMILES string of the molecule is Cc1ccc(Cn2ccsc2=NC(=O)COC(=O)C[C@H]2C[C@H]3CC[C@@H]2C3)cc1. The van der Waals surface area contributed by atoms with Crippen molar-refractivity contribution >= 4 is 23.2 Å². The van der Waals surface area contributed by atoms with Gasteiger partial charge in [-0.15, -0.1) is 11.3 Å². The molecule has 2 aliphatic rings. The highest BCUT2D eigenvalue weighted by Crippen LogP contribution is 2.49. The zero-order valence-electron chi connectivity index (χ0n) is 16.2. The van der Waals surface area contributed by atoms with E-state index in [9.17, 15) is 9.59 Å². The monoisotopic (exact) mass is 398 g/mol. The van der Waals surface area contributed by atoms with Crippen LogP contribution in [-0.2, 0) is 20.9 Å². The molecule has 0 unspecified atom stereocenters. The third-order valence-corrected chi connectivity index (χ3v) is 6.82. The summed E-state index contributed by atoms with van der Waals surface area (Å²) in [6.07, 6.45) is 7.34. The quantitative estimate of drug-likeness (QED) is 0.697. The lowest BCUT2D eigenvalue weighted by Crippen LogP contribution is -2.21. The normalized spacial score (nSPS) is 23.9. The number of fused-ring (bicyclic) bond motifs is 2. The van der Waals surface area contributed by atoms with E-state index >= 15 is 0 Å². The minimum Gasteiger partial charge on any atom is -0.455 e. The fourth-order valence-electron chi connectivity index (χ4n) is 4.58. The van der Waals surface area contributed by atoms with Crippen LogP contribution in [0, 0.1) is 24.7 Å². The van der Waals surface area contributed by atoms with Crippen molar-refractivity contribution in [2.24, 2.45) is 22.7 Å². The van der Waals surface area contributed by atoms with E-state index in [0.29, 0.717) is 29.6 Å². The van der Waals surface area contributed by atoms with Crippen LogP contribution in [0.3, 0.4) is 0 Å². The van der Waals surface area contributed by atoms with E-state index in [-0.39, 0.29) is 12.6 Å². The zero-order valence-corrected chi connectivity index (χ0v) is 17.0. The molecule has 28 heavy (non-hydrogen) atoms. The summed E-state index contributed by atoms with van der Waals surface area (Å²) in [6.45, 7) is 2.43. The van der Waals surface area contributed by atoms with E-state index in [1.807, 2.05) is 16.1 Å². The highest BCUT2D eigenvalue weighted by atomic mass is 32.1. The molecule has 1 heterocycles. The van der Waals surface area contributed by atoms with Crippen LogP contribution in [0.1, 0.15) is 43.2 Å². The number of aryl methyl sites for hydroxylation is 1. The number of carbonyl (C=O) groups excluding carboxylic acids is 2. The van der Waals surface area contributed by atoms with E-state index in [1.54, 1.807) is 0 Å². The highest BCUT2D eigenvalue weighted by molar-refractivity contribution is 7.07. The van der Waals surface area contributed by atoms with Gasteiger partial charge in [0.05, 0.1) is 0 Å². The van der Waals surface area contributed by atoms with Gasteiger partial charge in [0.25, 0.3) is 5.91 Å². The Balaban J connectivity index is 1.30. The molecule has 148 valence electrons. The number of ether oxygens (including phenoxy) is 1. The number of amides is 1. The van der Waals surface area contributed by atoms with Gasteiger partial charge in [-0.2, -0.15) is 4.99 Å². The second-order valence-corrected chi connectivity index (χ2v) is 8.98. The van der Waals surface area contributed by atoms with Gasteiger partial charge in [-0.05, 0) is 49.5 Å². The van der Waals surface area contributed by atoms with Crippen LogP contribution in [0.5, 0.6) is 0 Å². The number of esters is 1. The van der Waals surface area contributed by atoms with Crippen LogP contribution < -0.4 is 4.80 Å². The summed E-state index contributed by atoms with van der Waals surface area (Å²) < 4.78 is 7.14. The fraction of sp³-hybridized carbons (Fsp3) is 0.500. The van der Waals surface area contributed by atoms with Gasteiger partial charge in [0.2, 0.25) is 0 Å². The van der Waals surface area contributed by atoms with Gasteiger partial charge in [-0.3, -0.25) is 9.59 Å². The number of thiazole rings is 1. The number of aromatic nitrogens is 1. The third-order valence-electron chi connectivity index (χ3n) is 6.02. The number of rotatable bonds is 6. The van der Waals surface area contributed by atoms with Crippen molar-refractivity contribution in [3.8, 4) is 0 Å². The van der Waals surface area contributed by atoms with Crippen LogP contribution in [0.15, 0.2) is 40.8 Å². The van der Waals surface area contributed by atoms with Crippen molar-refractivity contribution in [2.45, 2.75) is 45.6 Å². The van der Waals surface area contributed by atoms with Crippen molar-refractivity contribution in [1.82, 2.24) is 4.57 Å². The molecule has 3 atom stereocenters. The molecule has 2 saturated carbocycles. The number of hydrogen-bond acceptors (Lipinski definition) is 4. The molecule has 1 aromatic carbocycles. The van der Waals surface area contributed by atoms with E-state index < -0.39 is 5.91 Å². The molecule has 6 heteroatoms. The third kappa shape index (κ3) is 4.61. The molecule has 1 amide bonds. The minimum absolute atomic E-state index is 0.264. The van der Waals surface area contributed by atoms with Gasteiger partial charge >= 0.3 is 5.97 Å². The van der Waals surface area contributed by atoms with Gasteiger partial charge in [0.15, 0.2) is 11.4 Å². The molecule has 0 saturated heterocycles. The van der Waals surface area contributed by atoms with Crippen LogP contribution in [-0.4, -0.2) is 23.1 Å². The summed E-state index contributed by atoms with van der Waals surface area (Å²) in [7, 11) is 0. The second-order valence-electron chi connectivity index (χ2n) is 8.10. The average molecular weight is 399 g/mol. The topological polar surface area (TPSA) is 60.7 Å². The highest BCUT2D eigenvalue weighted by Gasteiger charge is 2.40. The average Bonchev–Trinajstić information content (AvgIpc) is 3.40. The number of benzene rings is 1. The van der Waals surface area contributed by atoms with E-state index in [0.717, 1.165) is 17.9 Å². The Hall–Kier alpha value is -2.21. The smallest absolute Gasteiger partial charge is 0.306 e. The van der Waals surface area contributed by atoms with Gasteiger partial charge in [-0.25, -0.2) is 0 Å². The van der Waals surface area contributed by atoms with E-state index in [4.69, 9.17) is 4.74 Å². The first-order chi connectivity index (χ1) is 13.6. The summed E-state index contributed by atoms with van der Waals surface area (Å²) in [4.78, 5) is 29.0. The number of nitrogens with zero attached hydrogens (tertiary/aromatic N) is 2. The van der Waals surface area contributed by atoms with Crippen molar-refractivity contribution in [3.63, 3.8) is 0 Å². The lowest BCUT2D eigenvalue weighted by Gasteiger charge is -2.20. The van der Waals surface area contributed by atoms with Crippen LogP contribution in [0.4, 0.5) is 0 Å². The second kappa shape index (κ2) is 8.43. The van der Waals surface area contributed by atoms with Crippen molar-refractivity contribution in [2.75, 3.05) is 6.61 Å². The molecular weight excluding hydrogens is 372 g/mol. The molecule has 2 fully saturated rings. The Kier molecular flexibility index (Phi) is 5.76. The Morgan fingerprint density at radius 2 is 2.04 bits per heavy atom. The van der Waals surface area contributed by atoms with Crippen LogP contribution in [0.2, 0.25) is 0 Å². The van der Waals surface area contributed by atoms with Crippen LogP contribution >= 0.6 is 11.3 Å². The largest absolute Gasteiger partial charge is 0.455 e. The summed E-state index contributed by atoms with van der Waals surface area (Å²) in [5.41, 5.74) is 2.36. The zero-order chi connectivity index (χ0) is 19.5. The molecule has 5 nitrogen and oxygen atoms in total. The lowest BCUT2D eigenvalue weighted by molar-refractivity contribution is -0.149. The Morgan fingerprint density at radius 1 is 1.21 bits per heavy atom. The molecule has 2 bridgehead atoms. The molecule has 0 spiro atoms. The lowest BCUT2D eigenvalue weighted by atomic mass is 9.86. The molecular formula is C22H26N2O3S. The molecule has 0 aliphatic heterocycles. The van der Waals surface area contributed by atoms with E-state index in [1.165, 1.54) is 36.2 Å². The fourth-order valence-corrected chi connectivity index (χ4v) is 5.32. The number of hydrogen-bond donors (Lipinski definition) is 0. The molecule has 1 aromatic heterocycles. The summed E-state index contributed by atoms with van der Waals surface area (Å²) >= 11 is 1.40. The maximum Gasteiger partial charge on any atom is 0.306 e. The van der Waals surface area contributed by atoms with Gasteiger partial charge < -0.3 is 9.30 Å². The van der Waals surface area contributed by atoms with Gasteiger partial charge in [-0.1, -0.05) is 36.2 Å². The molecule has 4 rings (SSSR count). The molecule has 0 radical (unpaired) electrons. The van der Waals surface area contributed by atoms with Crippen molar-refractivity contribution in [1.29, 1.82) is 0 Å². The summed E-state index contributed by atoms with van der Waals surface area (Å²) in [5.74, 6) is 1.26. The molecule has 2 aliphatic carbocycles. The van der Waals surface area contributed by atoms with Gasteiger partial charge in [0, 0.05) is 24.5 Å². The summed E-state index contributed by atoms with van der Waals surface area (Å²) in [6, 6.07) is 8.28. The standard InChI is InChI=1S/C22H26N2O3S/c1-15-2-4-16(5-3-15)13-24-8-9-28-22(24)23-20(25)14-27-21(26)12-19-11-17-6-7-18(19)10-17/h2-5,8-9,17-19H,6-7,10-14H2,1H3/t17-,18+,19+/m0/s1. The first kappa shape index (κ1) is 19.1. The predicted molar refractivity (Wildman–Crippen MR) is 108 cm³/mol.